The fourth-order valence-corrected chi connectivity index (χ4v) is 0.747. The van der Waals surface area contributed by atoms with Gasteiger partial charge in [0, 0.05) is 11.8 Å². The number of allylic oxidation sites excluding steroid dienone is 1. The van der Waals surface area contributed by atoms with Crippen LogP contribution in [0.15, 0.2) is 18.9 Å². The number of nitrogens with zero attached hydrogens (tertiary/aromatic N) is 2. The van der Waals surface area contributed by atoms with Gasteiger partial charge in [-0.15, -0.1) is 6.58 Å². The number of nitrogens with one attached hydrogen (secondary N) is 1. The maximum Gasteiger partial charge on any atom is 0.221 e. The van der Waals surface area contributed by atoms with Gasteiger partial charge in [0.2, 0.25) is 5.95 Å². The van der Waals surface area contributed by atoms with Gasteiger partial charge in [-0.2, -0.15) is 4.98 Å². The van der Waals surface area contributed by atoms with Crippen molar-refractivity contribution in [3.05, 3.63) is 24.4 Å². The van der Waals surface area contributed by atoms with Crippen molar-refractivity contribution >= 4 is 17.7 Å². The molecule has 0 aliphatic heterocycles. The summed E-state index contributed by atoms with van der Waals surface area (Å²) >= 11 is 0. The summed E-state index contributed by atoms with van der Waals surface area (Å²) in [5, 5.41) is 6.06. The topological polar surface area (TPSA) is 154 Å². The Balaban J connectivity index is 0.000000423. The smallest absolute Gasteiger partial charge is 0.221 e. The van der Waals surface area contributed by atoms with Crippen molar-refractivity contribution in [1.29, 1.82) is 5.41 Å². The van der Waals surface area contributed by atoms with E-state index in [0.29, 0.717) is 12.2 Å². The lowest BCUT2D eigenvalue weighted by Crippen LogP contribution is -2.20. The van der Waals surface area contributed by atoms with E-state index in [1.54, 1.807) is 12.3 Å². The van der Waals surface area contributed by atoms with Gasteiger partial charge in [-0.1, -0.05) is 6.08 Å². The Morgan fingerprint density at radius 3 is 2.40 bits per heavy atom. The third-order valence-electron chi connectivity index (χ3n) is 1.28. The summed E-state index contributed by atoms with van der Waals surface area (Å²) in [5.74, 6) is 0.299. The van der Waals surface area contributed by atoms with E-state index in [4.69, 9.17) is 16.9 Å². The molecule has 0 saturated heterocycles. The zero-order chi connectivity index (χ0) is 11.8. The molecule has 0 atom stereocenters. The first-order valence-electron chi connectivity index (χ1n) is 4.04. The number of anilines is 2. The summed E-state index contributed by atoms with van der Waals surface area (Å²) in [7, 11) is 0. The predicted octanol–water partition coefficient (Wildman–Crippen LogP) is -0.792. The third kappa shape index (κ3) is 5.86. The van der Waals surface area contributed by atoms with E-state index in [1.807, 2.05) is 0 Å². The third-order valence-corrected chi connectivity index (χ3v) is 1.28. The van der Waals surface area contributed by atoms with Gasteiger partial charge in [-0.05, 0) is 6.42 Å². The van der Waals surface area contributed by atoms with Crippen molar-refractivity contribution < 1.29 is 0 Å². The first-order chi connectivity index (χ1) is 6.97. The molecule has 0 amide bonds. The molecular formula is C8H15N7. The zero-order valence-electron chi connectivity index (χ0n) is 8.27. The highest BCUT2D eigenvalue weighted by Gasteiger charge is 1.98. The number of rotatable bonds is 2. The molecular weight excluding hydrogens is 194 g/mol. The second-order valence-corrected chi connectivity index (χ2v) is 2.59. The highest BCUT2D eigenvalue weighted by atomic mass is 15.0. The Hall–Kier alpha value is -2.31. The molecule has 1 heterocycles. The first kappa shape index (κ1) is 12.7. The fourth-order valence-electron chi connectivity index (χ4n) is 0.747. The van der Waals surface area contributed by atoms with Crippen LogP contribution in [0.1, 0.15) is 5.56 Å². The van der Waals surface area contributed by atoms with E-state index in [-0.39, 0.29) is 11.9 Å². The Labute approximate surface area is 87.7 Å². The van der Waals surface area contributed by atoms with Crippen molar-refractivity contribution in [3.8, 4) is 0 Å². The largest absolute Gasteiger partial charge is 0.383 e. The van der Waals surface area contributed by atoms with E-state index in [0.717, 1.165) is 5.56 Å². The molecule has 82 valence electrons. The minimum Gasteiger partial charge on any atom is -0.383 e. The number of nitrogen functional groups attached to an aromatic ring is 2. The molecule has 7 heteroatoms. The van der Waals surface area contributed by atoms with Gasteiger partial charge in [0.1, 0.15) is 5.82 Å². The van der Waals surface area contributed by atoms with Crippen LogP contribution in [0.25, 0.3) is 0 Å². The second-order valence-electron chi connectivity index (χ2n) is 2.59. The van der Waals surface area contributed by atoms with Crippen LogP contribution in [0.2, 0.25) is 0 Å². The number of hydrogen-bond acceptors (Lipinski definition) is 5. The molecule has 1 rings (SSSR count). The molecule has 0 spiro atoms. The minimum atomic E-state index is -0.333. The van der Waals surface area contributed by atoms with Crippen LogP contribution in [0.4, 0.5) is 11.8 Å². The van der Waals surface area contributed by atoms with Crippen LogP contribution >= 0.6 is 0 Å². The lowest BCUT2D eigenvalue weighted by atomic mass is 10.2. The minimum absolute atomic E-state index is 0.204. The van der Waals surface area contributed by atoms with Gasteiger partial charge in [0.25, 0.3) is 0 Å². The molecule has 0 bridgehead atoms. The molecule has 0 aliphatic carbocycles. The number of guanidine groups is 1. The van der Waals surface area contributed by atoms with Gasteiger partial charge >= 0.3 is 0 Å². The Bertz CT molecular complexity index is 343. The van der Waals surface area contributed by atoms with Gasteiger partial charge in [-0.25, -0.2) is 4.98 Å². The first-order valence-corrected chi connectivity index (χ1v) is 4.04. The van der Waals surface area contributed by atoms with Crippen LogP contribution in [0, 0.1) is 5.41 Å². The fraction of sp³-hybridized carbons (Fsp3) is 0.125. The summed E-state index contributed by atoms with van der Waals surface area (Å²) in [5.41, 5.74) is 20.6. The number of aromatic nitrogens is 2. The Morgan fingerprint density at radius 1 is 1.47 bits per heavy atom. The molecule has 0 fully saturated rings. The molecule has 0 radical (unpaired) electrons. The molecule has 7 nitrogen and oxygen atoms in total. The molecule has 1 aromatic rings. The van der Waals surface area contributed by atoms with Crippen LogP contribution < -0.4 is 22.9 Å². The average molecular weight is 209 g/mol. The standard InChI is InChI=1S/C7H10N4.CH5N3/c1-2-3-5-4-10-7(9)11-6(5)8;2-1(3)4/h2,4H,1,3H2,(H4,8,9,10,11);(H5,2,3,4). The molecule has 0 aliphatic rings. The molecule has 0 saturated carbocycles. The van der Waals surface area contributed by atoms with Gasteiger partial charge in [0.05, 0.1) is 0 Å². The van der Waals surface area contributed by atoms with E-state index in [2.05, 4.69) is 28.0 Å². The molecule has 9 N–H and O–H groups in total. The summed E-state index contributed by atoms with van der Waals surface area (Å²) < 4.78 is 0. The van der Waals surface area contributed by atoms with E-state index >= 15 is 0 Å². The molecule has 0 unspecified atom stereocenters. The number of hydrogen-bond donors (Lipinski definition) is 5. The summed E-state index contributed by atoms with van der Waals surface area (Å²) in [4.78, 5) is 7.59. The maximum absolute atomic E-state index is 6.06. The van der Waals surface area contributed by atoms with Crippen LogP contribution in [0.3, 0.4) is 0 Å². The summed E-state index contributed by atoms with van der Waals surface area (Å²) in [6.45, 7) is 3.58. The lowest BCUT2D eigenvalue weighted by molar-refractivity contribution is 1.12. The lowest BCUT2D eigenvalue weighted by Gasteiger charge is -2.00. The van der Waals surface area contributed by atoms with E-state index < -0.39 is 0 Å². The highest BCUT2D eigenvalue weighted by Crippen LogP contribution is 2.08. The van der Waals surface area contributed by atoms with E-state index in [9.17, 15) is 0 Å². The SMILES string of the molecule is C=CCc1cnc(N)nc1N.N=C(N)N. The van der Waals surface area contributed by atoms with Crippen molar-refractivity contribution in [3.63, 3.8) is 0 Å². The van der Waals surface area contributed by atoms with Crippen LogP contribution in [0.5, 0.6) is 0 Å². The zero-order valence-corrected chi connectivity index (χ0v) is 8.27. The summed E-state index contributed by atoms with van der Waals surface area (Å²) in [6, 6.07) is 0. The summed E-state index contributed by atoms with van der Waals surface area (Å²) in [6.07, 6.45) is 4.02. The maximum atomic E-state index is 6.06. The van der Waals surface area contributed by atoms with Crippen molar-refractivity contribution in [2.45, 2.75) is 6.42 Å². The molecule has 1 aromatic heterocycles. The Kier molecular flexibility index (Phi) is 5.24. The van der Waals surface area contributed by atoms with E-state index in [1.165, 1.54) is 0 Å². The quantitative estimate of drug-likeness (QED) is 0.244. The average Bonchev–Trinajstić information content (AvgIpc) is 2.09. The van der Waals surface area contributed by atoms with Crippen LogP contribution in [-0.4, -0.2) is 15.9 Å². The van der Waals surface area contributed by atoms with Gasteiger partial charge < -0.3 is 22.9 Å². The number of nitrogens with two attached hydrogens (primary N) is 4. The Morgan fingerprint density at radius 2 is 2.00 bits per heavy atom. The predicted molar refractivity (Wildman–Crippen MR) is 60.9 cm³/mol. The van der Waals surface area contributed by atoms with Crippen molar-refractivity contribution in [1.82, 2.24) is 9.97 Å². The van der Waals surface area contributed by atoms with Crippen LogP contribution in [-0.2, 0) is 6.42 Å². The molecule has 0 aromatic carbocycles. The van der Waals surface area contributed by atoms with Crippen molar-refractivity contribution in [2.75, 3.05) is 11.5 Å². The molecule has 15 heavy (non-hydrogen) atoms. The van der Waals surface area contributed by atoms with Crippen molar-refractivity contribution in [2.24, 2.45) is 11.5 Å². The van der Waals surface area contributed by atoms with Gasteiger partial charge in [0.15, 0.2) is 5.96 Å². The highest BCUT2D eigenvalue weighted by molar-refractivity contribution is 5.71. The monoisotopic (exact) mass is 209 g/mol. The second kappa shape index (κ2) is 6.19. The normalized spacial score (nSPS) is 8.53. The van der Waals surface area contributed by atoms with Gasteiger partial charge in [-0.3, -0.25) is 5.41 Å².